The van der Waals surface area contributed by atoms with E-state index in [0.29, 0.717) is 10.9 Å². The Labute approximate surface area is 281 Å². The largest absolute Gasteiger partial charge is 0.397 e. The molecule has 0 saturated heterocycles. The molecule has 0 bridgehead atoms. The molecule has 0 fully saturated rings. The van der Waals surface area contributed by atoms with Crippen LogP contribution in [0, 0.1) is 13.0 Å². The van der Waals surface area contributed by atoms with E-state index in [1.54, 1.807) is 25.1 Å². The van der Waals surface area contributed by atoms with Crippen LogP contribution in [0.25, 0.3) is 10.8 Å². The minimum atomic E-state index is -4.84. The number of amides is 1. The van der Waals surface area contributed by atoms with Crippen molar-refractivity contribution in [2.75, 3.05) is 40.8 Å². The Kier molecular flexibility index (Phi) is 12.0. The van der Waals surface area contributed by atoms with Gasteiger partial charge in [-0.15, -0.1) is 5.11 Å². The molecule has 3 aromatic carbocycles. The average Bonchev–Trinajstić information content (AvgIpc) is 2.94. The topological polar surface area (TPSA) is 260 Å². The summed E-state index contributed by atoms with van der Waals surface area (Å²) in [7, 11) is -12.2. The summed E-state index contributed by atoms with van der Waals surface area (Å²) in [4.78, 5) is 23.6. The average molecular weight is 743 g/mol. The fourth-order valence-corrected chi connectivity index (χ4v) is 6.57. The number of hydrogen-bond acceptors (Lipinski definition) is 15. The van der Waals surface area contributed by atoms with Gasteiger partial charge in [-0.2, -0.15) is 41.3 Å². The molecule has 0 spiro atoms. The summed E-state index contributed by atoms with van der Waals surface area (Å²) in [5.41, 5.74) is 1.40. The predicted octanol–water partition coefficient (Wildman–Crippen LogP) is 4.10. The van der Waals surface area contributed by atoms with Crippen LogP contribution in [-0.2, 0) is 39.3 Å². The molecule has 1 amide bonds. The van der Waals surface area contributed by atoms with Gasteiger partial charge in [-0.3, -0.25) is 13.9 Å². The van der Waals surface area contributed by atoms with E-state index in [1.165, 1.54) is 44.3 Å². The molecule has 18 nitrogen and oxygen atoms in total. The van der Waals surface area contributed by atoms with Crippen molar-refractivity contribution in [3.8, 4) is 0 Å². The molecule has 0 atom stereocenters. The lowest BCUT2D eigenvalue weighted by Crippen LogP contribution is -2.31. The number of carbonyl (C=O) groups excluding carboxylic acids is 1. The summed E-state index contributed by atoms with van der Waals surface area (Å²) in [5.74, 6) is -2.79. The smallest absolute Gasteiger partial charge is 0.329 e. The van der Waals surface area contributed by atoms with E-state index in [2.05, 4.69) is 40.0 Å². The second kappa shape index (κ2) is 15.2. The summed E-state index contributed by atoms with van der Waals surface area (Å²) in [6.07, 6.45) is -1.27. The summed E-state index contributed by atoms with van der Waals surface area (Å²) >= 11 is 0. The van der Waals surface area contributed by atoms with Gasteiger partial charge in [-0.25, -0.2) is 12.6 Å². The molecular formula is C27H31FN8O10S3. The summed E-state index contributed by atoms with van der Waals surface area (Å²) in [6, 6.07) is 12.0. The minimum absolute atomic E-state index is 0. The third kappa shape index (κ3) is 11.2. The minimum Gasteiger partial charge on any atom is -0.329 e. The normalized spacial score (nSPS) is 12.1. The van der Waals surface area contributed by atoms with E-state index in [9.17, 15) is 39.0 Å². The molecule has 0 unspecified atom stereocenters. The first-order chi connectivity index (χ1) is 22.3. The molecule has 4 N–H and O–H groups in total. The summed E-state index contributed by atoms with van der Waals surface area (Å²) < 4.78 is 106. The van der Waals surface area contributed by atoms with Gasteiger partial charge in [0.1, 0.15) is 16.5 Å². The van der Waals surface area contributed by atoms with Gasteiger partial charge in [-0.05, 0) is 54.3 Å². The van der Waals surface area contributed by atoms with Gasteiger partial charge in [0.25, 0.3) is 10.1 Å². The van der Waals surface area contributed by atoms with E-state index in [-0.39, 0.29) is 46.4 Å². The Morgan fingerprint density at radius 1 is 0.980 bits per heavy atom. The Morgan fingerprint density at radius 3 is 2.35 bits per heavy atom. The Balaban J connectivity index is 0.00000650. The molecule has 22 heteroatoms. The van der Waals surface area contributed by atoms with Crippen LogP contribution in [0.3, 0.4) is 0 Å². The number of carbonyl (C=O) groups is 1. The van der Waals surface area contributed by atoms with Crippen LogP contribution < -0.4 is 15.5 Å². The van der Waals surface area contributed by atoms with Crippen LogP contribution in [0.1, 0.15) is 19.9 Å². The van der Waals surface area contributed by atoms with Gasteiger partial charge in [0.2, 0.25) is 17.8 Å². The van der Waals surface area contributed by atoms with Crippen LogP contribution in [0.5, 0.6) is 0 Å². The number of benzene rings is 3. The zero-order valence-corrected chi connectivity index (χ0v) is 27.6. The molecule has 1 aromatic heterocycles. The lowest BCUT2D eigenvalue weighted by molar-refractivity contribution is -0.114. The van der Waals surface area contributed by atoms with Crippen molar-refractivity contribution in [3.05, 3.63) is 60.2 Å². The van der Waals surface area contributed by atoms with E-state index in [0.717, 1.165) is 4.90 Å². The number of aryl methyl sites for hydroxylation is 1. The molecule has 0 radical (unpaired) electrons. The summed E-state index contributed by atoms with van der Waals surface area (Å²) in [5, 5.41) is 14.4. The van der Waals surface area contributed by atoms with Crippen LogP contribution in [-0.4, -0.2) is 80.5 Å². The number of hydrogen-bond donors (Lipinski definition) is 4. The first-order valence-corrected chi connectivity index (χ1v) is 18.0. The van der Waals surface area contributed by atoms with Gasteiger partial charge in [0, 0.05) is 25.0 Å². The van der Waals surface area contributed by atoms with Crippen LogP contribution in [0.15, 0.2) is 63.7 Å². The Morgan fingerprint density at radius 2 is 1.69 bits per heavy atom. The van der Waals surface area contributed by atoms with Crippen molar-refractivity contribution in [2.24, 2.45) is 10.2 Å². The molecule has 49 heavy (non-hydrogen) atoms. The highest BCUT2D eigenvalue weighted by atomic mass is 32.3. The molecule has 0 saturated carbocycles. The number of anilines is 4. The summed E-state index contributed by atoms with van der Waals surface area (Å²) in [6.45, 7) is 2.08. The molecule has 264 valence electrons. The van der Waals surface area contributed by atoms with Crippen LogP contribution in [0.2, 0.25) is 0 Å². The number of sulfone groups is 1. The standard InChI is InChI=1S/C26H27FN8O10S3.CH4/c1-15-10-17-4-5-19(12-20(17)23(11-15)47(39,40)41)33-34-21-7-6-18(13-22(21)28-16(2)36)29-25-30-24(27)31-26(32-25)35(3)14-46(37,38)9-8-45-48(42,43)44;/h4-7,10-13H,8-9,14H2,1-3H3,(H,28,36)(H,39,40,41)(H,42,43,44)(H,29,30,31,32);1H4. The first-order valence-electron chi connectivity index (χ1n) is 13.4. The number of nitrogens with zero attached hydrogens (tertiary/aromatic N) is 6. The number of rotatable bonds is 13. The Hall–Kier alpha value is -4.74. The molecule has 4 rings (SSSR count). The lowest BCUT2D eigenvalue weighted by atomic mass is 10.1. The third-order valence-corrected chi connectivity index (χ3v) is 9.04. The van der Waals surface area contributed by atoms with Crippen LogP contribution in [0.4, 0.5) is 39.0 Å². The van der Waals surface area contributed by atoms with Gasteiger partial charge in [0.15, 0.2) is 9.84 Å². The maximum Gasteiger partial charge on any atom is 0.397 e. The molecule has 0 aliphatic rings. The lowest BCUT2D eigenvalue weighted by Gasteiger charge is -2.17. The first kappa shape index (κ1) is 38.7. The highest BCUT2D eigenvalue weighted by Gasteiger charge is 2.20. The van der Waals surface area contributed by atoms with Crippen molar-refractivity contribution in [3.63, 3.8) is 0 Å². The van der Waals surface area contributed by atoms with Crippen molar-refractivity contribution in [1.29, 1.82) is 0 Å². The molecule has 4 aromatic rings. The maximum atomic E-state index is 14.3. The number of azo groups is 1. The molecule has 0 aliphatic carbocycles. The zero-order valence-electron chi connectivity index (χ0n) is 25.2. The predicted molar refractivity (Wildman–Crippen MR) is 178 cm³/mol. The molecule has 1 heterocycles. The monoisotopic (exact) mass is 742 g/mol. The van der Waals surface area contributed by atoms with Crippen molar-refractivity contribution < 1.29 is 47.7 Å². The molecular weight excluding hydrogens is 712 g/mol. The fraction of sp³-hybridized carbons (Fsp3) is 0.259. The van der Waals surface area contributed by atoms with Gasteiger partial charge in [0.05, 0.1) is 23.7 Å². The van der Waals surface area contributed by atoms with Crippen molar-refractivity contribution in [2.45, 2.75) is 26.2 Å². The highest BCUT2D eigenvalue weighted by Crippen LogP contribution is 2.33. The van der Waals surface area contributed by atoms with E-state index in [4.69, 9.17) is 4.55 Å². The number of nitrogens with one attached hydrogen (secondary N) is 2. The van der Waals surface area contributed by atoms with E-state index < -0.39 is 66.5 Å². The van der Waals surface area contributed by atoms with Gasteiger partial charge < -0.3 is 15.5 Å². The quantitative estimate of drug-likeness (QED) is 0.111. The van der Waals surface area contributed by atoms with Crippen LogP contribution >= 0.6 is 0 Å². The van der Waals surface area contributed by atoms with Gasteiger partial charge in [-0.1, -0.05) is 19.6 Å². The third-order valence-electron chi connectivity index (χ3n) is 6.11. The van der Waals surface area contributed by atoms with Gasteiger partial charge >= 0.3 is 16.5 Å². The maximum absolute atomic E-state index is 14.3. The number of halogens is 1. The number of fused-ring (bicyclic) bond motifs is 1. The molecule has 0 aliphatic heterocycles. The van der Waals surface area contributed by atoms with E-state index in [1.807, 2.05) is 0 Å². The number of aromatic nitrogens is 3. The fourth-order valence-electron chi connectivity index (χ4n) is 4.21. The van der Waals surface area contributed by atoms with Crippen molar-refractivity contribution >= 4 is 81.7 Å². The second-order valence-corrected chi connectivity index (χ2v) is 14.8. The highest BCUT2D eigenvalue weighted by molar-refractivity contribution is 7.91. The zero-order chi connectivity index (χ0) is 35.4. The second-order valence-electron chi connectivity index (χ2n) is 10.1. The van der Waals surface area contributed by atoms with Crippen molar-refractivity contribution in [1.82, 2.24) is 15.0 Å². The van der Waals surface area contributed by atoms with E-state index >= 15 is 0 Å². The SMILES string of the molecule is C.CC(=O)Nc1cc(Nc2nc(F)nc(N(C)CS(=O)(=O)CCOS(=O)(=O)O)n2)ccc1N=Nc1ccc2cc(C)cc(S(=O)(=O)O)c2c1. The Bertz CT molecular complexity index is 2250.